The van der Waals surface area contributed by atoms with E-state index in [9.17, 15) is 5.11 Å². The van der Waals surface area contributed by atoms with Crippen LogP contribution in [0.5, 0.6) is 0 Å². The van der Waals surface area contributed by atoms with Gasteiger partial charge in [0.1, 0.15) is 0 Å². The molecule has 4 heteroatoms. The van der Waals surface area contributed by atoms with Gasteiger partial charge >= 0.3 is 0 Å². The van der Waals surface area contributed by atoms with E-state index in [1.807, 2.05) is 13.1 Å². The summed E-state index contributed by atoms with van der Waals surface area (Å²) in [7, 11) is 0. The number of aliphatic hydroxyl groups excluding tert-OH is 1. The lowest BCUT2D eigenvalue weighted by Crippen LogP contribution is -2.48. The molecule has 2 unspecified atom stereocenters. The van der Waals surface area contributed by atoms with Crippen LogP contribution in [0.15, 0.2) is 6.20 Å². The third kappa shape index (κ3) is 2.13. The van der Waals surface area contributed by atoms with Crippen molar-refractivity contribution in [2.75, 3.05) is 6.61 Å². The molecule has 2 rings (SSSR count). The van der Waals surface area contributed by atoms with Crippen molar-refractivity contribution in [2.45, 2.75) is 45.2 Å². The van der Waals surface area contributed by atoms with Crippen molar-refractivity contribution >= 4 is 0 Å². The summed E-state index contributed by atoms with van der Waals surface area (Å²) in [6, 6.07) is 0.219. The molecule has 1 fully saturated rings. The van der Waals surface area contributed by atoms with Crippen LogP contribution in [-0.4, -0.2) is 27.4 Å². The van der Waals surface area contributed by atoms with E-state index < -0.39 is 0 Å². The topological polar surface area (TPSA) is 60.9 Å². The molecule has 1 aromatic rings. The molecule has 0 amide bonds. The third-order valence-electron chi connectivity index (χ3n) is 3.69. The fourth-order valence-electron chi connectivity index (χ4n) is 2.38. The molecule has 0 saturated heterocycles. The highest BCUT2D eigenvalue weighted by atomic mass is 16.3. The van der Waals surface area contributed by atoms with Gasteiger partial charge in [-0.3, -0.25) is 5.10 Å². The first-order valence-corrected chi connectivity index (χ1v) is 5.95. The SMILES string of the molecule is Cc1[nH]ncc1C(C)NC(C)(CO)C1CC1. The Labute approximate surface area is 96.5 Å². The first-order valence-electron chi connectivity index (χ1n) is 5.95. The lowest BCUT2D eigenvalue weighted by molar-refractivity contribution is 0.144. The van der Waals surface area contributed by atoms with Crippen molar-refractivity contribution in [1.29, 1.82) is 0 Å². The van der Waals surface area contributed by atoms with E-state index in [-0.39, 0.29) is 18.2 Å². The molecule has 1 aromatic heterocycles. The van der Waals surface area contributed by atoms with Gasteiger partial charge in [0, 0.05) is 22.8 Å². The summed E-state index contributed by atoms with van der Waals surface area (Å²) in [5.74, 6) is 0.618. The van der Waals surface area contributed by atoms with Gasteiger partial charge in [0.25, 0.3) is 0 Å². The molecule has 90 valence electrons. The van der Waals surface area contributed by atoms with Gasteiger partial charge in [-0.2, -0.15) is 5.10 Å². The molecule has 0 aromatic carbocycles. The Balaban J connectivity index is 2.06. The average Bonchev–Trinajstić information content (AvgIpc) is 3.02. The maximum Gasteiger partial charge on any atom is 0.0613 e. The molecule has 0 aliphatic heterocycles. The smallest absolute Gasteiger partial charge is 0.0613 e. The first-order chi connectivity index (χ1) is 7.57. The van der Waals surface area contributed by atoms with Crippen molar-refractivity contribution in [3.8, 4) is 0 Å². The van der Waals surface area contributed by atoms with Gasteiger partial charge in [-0.1, -0.05) is 0 Å². The van der Waals surface area contributed by atoms with Crippen molar-refractivity contribution in [2.24, 2.45) is 5.92 Å². The lowest BCUT2D eigenvalue weighted by atomic mass is 9.94. The summed E-state index contributed by atoms with van der Waals surface area (Å²) in [4.78, 5) is 0. The fourth-order valence-corrected chi connectivity index (χ4v) is 2.38. The predicted molar refractivity (Wildman–Crippen MR) is 63.1 cm³/mol. The molecule has 16 heavy (non-hydrogen) atoms. The van der Waals surface area contributed by atoms with Crippen molar-refractivity contribution in [1.82, 2.24) is 15.5 Å². The van der Waals surface area contributed by atoms with Gasteiger partial charge in [-0.25, -0.2) is 0 Å². The van der Waals surface area contributed by atoms with Crippen LogP contribution in [0.1, 0.15) is 44.0 Å². The Bertz CT molecular complexity index is 359. The summed E-state index contributed by atoms with van der Waals surface area (Å²) in [6.07, 6.45) is 4.31. The van der Waals surface area contributed by atoms with E-state index in [0.29, 0.717) is 5.92 Å². The van der Waals surface area contributed by atoms with Crippen LogP contribution in [0.4, 0.5) is 0 Å². The molecule has 0 spiro atoms. The van der Waals surface area contributed by atoms with Crippen LogP contribution in [-0.2, 0) is 0 Å². The van der Waals surface area contributed by atoms with E-state index in [1.165, 1.54) is 18.4 Å². The Morgan fingerprint density at radius 2 is 2.38 bits per heavy atom. The van der Waals surface area contributed by atoms with Crippen molar-refractivity contribution in [3.05, 3.63) is 17.5 Å². The largest absolute Gasteiger partial charge is 0.394 e. The van der Waals surface area contributed by atoms with Crippen LogP contribution >= 0.6 is 0 Å². The standard InChI is InChI=1S/C12H21N3O/c1-8(11-6-13-15-9(11)2)14-12(3,7-16)10-4-5-10/h6,8,10,14,16H,4-5,7H2,1-3H3,(H,13,15). The second kappa shape index (κ2) is 4.18. The number of nitrogens with zero attached hydrogens (tertiary/aromatic N) is 1. The Kier molecular flexibility index (Phi) is 3.04. The third-order valence-corrected chi connectivity index (χ3v) is 3.69. The van der Waals surface area contributed by atoms with Gasteiger partial charge in [-0.15, -0.1) is 0 Å². The van der Waals surface area contributed by atoms with Crippen LogP contribution in [0.25, 0.3) is 0 Å². The molecule has 2 atom stereocenters. The second-order valence-electron chi connectivity index (χ2n) is 5.17. The van der Waals surface area contributed by atoms with E-state index in [2.05, 4.69) is 29.4 Å². The number of aliphatic hydroxyl groups is 1. The normalized spacial score (nSPS) is 21.8. The maximum atomic E-state index is 9.53. The Morgan fingerprint density at radius 3 is 2.81 bits per heavy atom. The average molecular weight is 223 g/mol. The maximum absolute atomic E-state index is 9.53. The van der Waals surface area contributed by atoms with E-state index in [4.69, 9.17) is 0 Å². The molecule has 0 radical (unpaired) electrons. The Hall–Kier alpha value is -0.870. The van der Waals surface area contributed by atoms with E-state index in [0.717, 1.165) is 5.69 Å². The minimum atomic E-state index is -0.150. The monoisotopic (exact) mass is 223 g/mol. The highest BCUT2D eigenvalue weighted by Crippen LogP contribution is 2.40. The number of aryl methyl sites for hydroxylation is 1. The molecule has 0 bridgehead atoms. The molecular weight excluding hydrogens is 202 g/mol. The Morgan fingerprint density at radius 1 is 1.69 bits per heavy atom. The summed E-state index contributed by atoms with van der Waals surface area (Å²) in [5.41, 5.74) is 2.12. The number of rotatable bonds is 5. The fraction of sp³-hybridized carbons (Fsp3) is 0.750. The minimum absolute atomic E-state index is 0.150. The van der Waals surface area contributed by atoms with Crippen molar-refractivity contribution < 1.29 is 5.11 Å². The highest BCUT2D eigenvalue weighted by Gasteiger charge is 2.41. The summed E-state index contributed by atoms with van der Waals surface area (Å²) < 4.78 is 0. The van der Waals surface area contributed by atoms with Crippen LogP contribution in [0, 0.1) is 12.8 Å². The van der Waals surface area contributed by atoms with E-state index in [1.54, 1.807) is 0 Å². The molecular formula is C12H21N3O. The highest BCUT2D eigenvalue weighted by molar-refractivity contribution is 5.19. The molecule has 4 nitrogen and oxygen atoms in total. The summed E-state index contributed by atoms with van der Waals surface area (Å²) in [6.45, 7) is 6.44. The number of hydrogen-bond acceptors (Lipinski definition) is 3. The number of aromatic nitrogens is 2. The van der Waals surface area contributed by atoms with Gasteiger partial charge < -0.3 is 10.4 Å². The number of hydrogen-bond donors (Lipinski definition) is 3. The number of aromatic amines is 1. The summed E-state index contributed by atoms with van der Waals surface area (Å²) in [5, 5.41) is 20.0. The number of H-pyrrole nitrogens is 1. The van der Waals surface area contributed by atoms with Gasteiger partial charge in [-0.05, 0) is 39.5 Å². The zero-order chi connectivity index (χ0) is 11.8. The second-order valence-corrected chi connectivity index (χ2v) is 5.17. The predicted octanol–water partition coefficient (Wildman–Crippen LogP) is 1.53. The van der Waals surface area contributed by atoms with Crippen LogP contribution < -0.4 is 5.32 Å². The zero-order valence-corrected chi connectivity index (χ0v) is 10.2. The minimum Gasteiger partial charge on any atom is -0.394 e. The molecule has 3 N–H and O–H groups in total. The van der Waals surface area contributed by atoms with Gasteiger partial charge in [0.05, 0.1) is 12.8 Å². The number of nitrogens with one attached hydrogen (secondary N) is 2. The van der Waals surface area contributed by atoms with Crippen LogP contribution in [0.3, 0.4) is 0 Å². The van der Waals surface area contributed by atoms with Crippen molar-refractivity contribution in [3.63, 3.8) is 0 Å². The lowest BCUT2D eigenvalue weighted by Gasteiger charge is -2.32. The summed E-state index contributed by atoms with van der Waals surface area (Å²) >= 11 is 0. The first kappa shape index (κ1) is 11.6. The van der Waals surface area contributed by atoms with Crippen LogP contribution in [0.2, 0.25) is 0 Å². The zero-order valence-electron chi connectivity index (χ0n) is 10.2. The molecule has 1 aliphatic carbocycles. The molecule has 1 heterocycles. The van der Waals surface area contributed by atoms with Gasteiger partial charge in [0.2, 0.25) is 0 Å². The quantitative estimate of drug-likeness (QED) is 0.709. The molecule has 1 saturated carbocycles. The van der Waals surface area contributed by atoms with Gasteiger partial charge in [0.15, 0.2) is 0 Å². The molecule has 1 aliphatic rings. The van der Waals surface area contributed by atoms with E-state index >= 15 is 0 Å².